The molecule has 1 N–H and O–H groups in total. The molecule has 3 aromatic carbocycles. The highest BCUT2D eigenvalue weighted by Crippen LogP contribution is 2.23. The smallest absolute Gasteiger partial charge is 0.183 e. The Hall–Kier alpha value is -3.51. The van der Waals surface area contributed by atoms with E-state index in [0.717, 1.165) is 51.7 Å². The van der Waals surface area contributed by atoms with Gasteiger partial charge in [0.15, 0.2) is 10.8 Å². The van der Waals surface area contributed by atoms with Crippen LogP contribution in [-0.2, 0) is 0 Å². The molecule has 0 bridgehead atoms. The van der Waals surface area contributed by atoms with Gasteiger partial charge in [-0.3, -0.25) is 5.43 Å². The fourth-order valence-electron chi connectivity index (χ4n) is 2.99. The number of ether oxygens (including phenoxy) is 1. The summed E-state index contributed by atoms with van der Waals surface area (Å²) in [5, 5.41) is 5.22. The van der Waals surface area contributed by atoms with E-state index in [1.54, 1.807) is 17.6 Å². The van der Waals surface area contributed by atoms with Crippen molar-refractivity contribution in [2.45, 2.75) is 26.7 Å². The molecule has 32 heavy (non-hydrogen) atoms. The van der Waals surface area contributed by atoms with E-state index in [2.05, 4.69) is 30.4 Å². The average molecular weight is 443 g/mol. The first kappa shape index (κ1) is 21.7. The van der Waals surface area contributed by atoms with Crippen LogP contribution in [0.5, 0.6) is 5.75 Å². The summed E-state index contributed by atoms with van der Waals surface area (Å²) in [6.07, 6.45) is 3.95. The number of hydrazone groups is 1. The van der Waals surface area contributed by atoms with Crippen LogP contribution in [0.3, 0.4) is 0 Å². The van der Waals surface area contributed by atoms with E-state index >= 15 is 0 Å². The molecule has 0 aliphatic rings. The number of benzene rings is 3. The van der Waals surface area contributed by atoms with E-state index in [-0.39, 0.29) is 0 Å². The zero-order valence-electron chi connectivity index (χ0n) is 18.3. The zero-order chi connectivity index (χ0) is 22.2. The molecule has 0 radical (unpaired) electrons. The number of rotatable bonds is 8. The van der Waals surface area contributed by atoms with Gasteiger partial charge in [0.1, 0.15) is 5.75 Å². The van der Waals surface area contributed by atoms with Crippen molar-refractivity contribution in [3.8, 4) is 5.75 Å². The number of nitrogens with zero attached hydrogens (tertiary/aromatic N) is 3. The van der Waals surface area contributed by atoms with E-state index in [9.17, 15) is 0 Å². The summed E-state index contributed by atoms with van der Waals surface area (Å²) in [4.78, 5) is 9.51. The van der Waals surface area contributed by atoms with Crippen LogP contribution in [0.25, 0.3) is 10.2 Å². The second-order valence-corrected chi connectivity index (χ2v) is 8.45. The maximum Gasteiger partial charge on any atom is 0.183 e. The number of hydrogen-bond donors (Lipinski definition) is 1. The maximum atomic E-state index is 5.72. The van der Waals surface area contributed by atoms with Crippen molar-refractivity contribution in [3.05, 3.63) is 88.9 Å². The monoisotopic (exact) mass is 442 g/mol. The van der Waals surface area contributed by atoms with Gasteiger partial charge >= 0.3 is 0 Å². The van der Waals surface area contributed by atoms with Crippen molar-refractivity contribution in [2.75, 3.05) is 6.61 Å². The van der Waals surface area contributed by atoms with Gasteiger partial charge in [0.2, 0.25) is 0 Å². The standard InChI is InChI=1S/C26H26N4OS/c1-3-4-17-31-22-15-11-20(12-16-22)18-27-30-25(28-21-13-9-19(2)10-14-21)26-29-23-7-5-6-8-24(23)32-26/h5-16,18H,3-4,17H2,1-2H3,(H,28,30)/b27-18+. The van der Waals surface area contributed by atoms with Gasteiger partial charge in [-0.15, -0.1) is 11.3 Å². The first-order chi connectivity index (χ1) is 15.7. The highest BCUT2D eigenvalue weighted by Gasteiger charge is 2.10. The van der Waals surface area contributed by atoms with E-state index in [1.165, 1.54) is 5.56 Å². The molecule has 1 heterocycles. The van der Waals surface area contributed by atoms with Crippen molar-refractivity contribution >= 4 is 39.3 Å². The Morgan fingerprint density at radius 1 is 1.03 bits per heavy atom. The highest BCUT2D eigenvalue weighted by atomic mass is 32.1. The van der Waals surface area contributed by atoms with Crippen LogP contribution >= 0.6 is 11.3 Å². The molecule has 4 rings (SSSR count). The molecule has 0 atom stereocenters. The Labute approximate surface area is 192 Å². The number of amidine groups is 1. The first-order valence-corrected chi connectivity index (χ1v) is 11.6. The predicted octanol–water partition coefficient (Wildman–Crippen LogP) is 6.49. The molecule has 6 heteroatoms. The third kappa shape index (κ3) is 5.80. The van der Waals surface area contributed by atoms with Crippen LogP contribution in [0.2, 0.25) is 0 Å². The Morgan fingerprint density at radius 3 is 2.56 bits per heavy atom. The highest BCUT2D eigenvalue weighted by molar-refractivity contribution is 7.20. The number of aliphatic imine (C=N–C) groups is 1. The molecule has 0 amide bonds. The molecule has 0 saturated heterocycles. The lowest BCUT2D eigenvalue weighted by molar-refractivity contribution is 0.309. The van der Waals surface area contributed by atoms with Crippen molar-refractivity contribution < 1.29 is 4.74 Å². The summed E-state index contributed by atoms with van der Waals surface area (Å²) >= 11 is 1.59. The quantitative estimate of drug-likeness (QED) is 0.147. The summed E-state index contributed by atoms with van der Waals surface area (Å²) in [7, 11) is 0. The summed E-state index contributed by atoms with van der Waals surface area (Å²) < 4.78 is 6.83. The molecule has 0 aliphatic carbocycles. The lowest BCUT2D eigenvalue weighted by Crippen LogP contribution is -2.18. The first-order valence-electron chi connectivity index (χ1n) is 10.7. The van der Waals surface area contributed by atoms with Gasteiger partial charge in [0.25, 0.3) is 0 Å². The van der Waals surface area contributed by atoms with Crippen molar-refractivity contribution in [3.63, 3.8) is 0 Å². The van der Waals surface area contributed by atoms with Gasteiger partial charge in [0.05, 0.1) is 28.7 Å². The van der Waals surface area contributed by atoms with E-state index < -0.39 is 0 Å². The fraction of sp³-hybridized carbons (Fsp3) is 0.192. The van der Waals surface area contributed by atoms with Crippen LogP contribution in [0.15, 0.2) is 82.9 Å². The van der Waals surface area contributed by atoms with Gasteiger partial charge in [0, 0.05) is 0 Å². The maximum absolute atomic E-state index is 5.72. The topological polar surface area (TPSA) is 58.9 Å². The van der Waals surface area contributed by atoms with Gasteiger partial charge in [-0.2, -0.15) is 5.10 Å². The van der Waals surface area contributed by atoms with E-state index in [1.807, 2.05) is 66.7 Å². The van der Waals surface area contributed by atoms with Crippen LogP contribution < -0.4 is 10.2 Å². The van der Waals surface area contributed by atoms with E-state index in [0.29, 0.717) is 5.84 Å². The van der Waals surface area contributed by atoms with Crippen molar-refractivity contribution in [2.24, 2.45) is 10.1 Å². The molecule has 0 fully saturated rings. The average Bonchev–Trinajstić information content (AvgIpc) is 3.25. The number of para-hydroxylation sites is 1. The molecule has 1 aromatic heterocycles. The van der Waals surface area contributed by atoms with Gasteiger partial charge in [-0.1, -0.05) is 43.2 Å². The SMILES string of the molecule is CCCCOc1ccc(/C=N/NC(=Nc2ccc(C)cc2)c2nc3ccccc3s2)cc1. The van der Waals surface area contributed by atoms with Crippen molar-refractivity contribution in [1.82, 2.24) is 10.4 Å². The zero-order valence-corrected chi connectivity index (χ0v) is 19.1. The van der Waals surface area contributed by atoms with Crippen LogP contribution in [0.1, 0.15) is 35.9 Å². The molecule has 4 aromatic rings. The van der Waals surface area contributed by atoms with Crippen LogP contribution in [-0.4, -0.2) is 23.6 Å². The molecular weight excluding hydrogens is 416 g/mol. The molecule has 5 nitrogen and oxygen atoms in total. The number of nitrogens with one attached hydrogen (secondary N) is 1. The van der Waals surface area contributed by atoms with E-state index in [4.69, 9.17) is 14.7 Å². The fourth-order valence-corrected chi connectivity index (χ4v) is 3.90. The van der Waals surface area contributed by atoms with Gasteiger partial charge in [-0.25, -0.2) is 9.98 Å². The number of aryl methyl sites for hydroxylation is 1. The third-order valence-corrected chi connectivity index (χ3v) is 5.85. The molecule has 0 aliphatic heterocycles. The molecule has 0 saturated carbocycles. The third-order valence-electron chi connectivity index (χ3n) is 4.80. The number of aromatic nitrogens is 1. The number of unbranched alkanes of at least 4 members (excludes halogenated alkanes) is 1. The minimum atomic E-state index is 0.617. The van der Waals surface area contributed by atoms with Crippen LogP contribution in [0.4, 0.5) is 5.69 Å². The molecule has 162 valence electrons. The largest absolute Gasteiger partial charge is 0.494 e. The molecular formula is C26H26N4OS. The predicted molar refractivity (Wildman–Crippen MR) is 135 cm³/mol. The molecule has 0 spiro atoms. The Bertz CT molecular complexity index is 1180. The second kappa shape index (κ2) is 10.7. The normalized spacial score (nSPS) is 11.9. The lowest BCUT2D eigenvalue weighted by atomic mass is 10.2. The summed E-state index contributed by atoms with van der Waals surface area (Å²) in [5.74, 6) is 1.49. The number of thiazole rings is 1. The summed E-state index contributed by atoms with van der Waals surface area (Å²) in [6, 6.07) is 24.0. The lowest BCUT2D eigenvalue weighted by Gasteiger charge is -2.05. The Kier molecular flexibility index (Phi) is 7.25. The van der Waals surface area contributed by atoms with Gasteiger partial charge < -0.3 is 4.74 Å². The second-order valence-electron chi connectivity index (χ2n) is 7.42. The minimum absolute atomic E-state index is 0.617. The number of hydrogen-bond acceptors (Lipinski definition) is 5. The Balaban J connectivity index is 1.53. The molecule has 0 unspecified atom stereocenters. The minimum Gasteiger partial charge on any atom is -0.494 e. The van der Waals surface area contributed by atoms with Crippen molar-refractivity contribution in [1.29, 1.82) is 0 Å². The summed E-state index contributed by atoms with van der Waals surface area (Å²) in [5.41, 5.74) is 7.07. The van der Waals surface area contributed by atoms with Crippen LogP contribution in [0, 0.1) is 6.92 Å². The Morgan fingerprint density at radius 2 is 1.81 bits per heavy atom. The summed E-state index contributed by atoms with van der Waals surface area (Å²) in [6.45, 7) is 4.96. The number of fused-ring (bicyclic) bond motifs is 1. The van der Waals surface area contributed by atoms with Gasteiger partial charge in [-0.05, 0) is 67.4 Å².